The van der Waals surface area contributed by atoms with E-state index in [0.717, 1.165) is 48.5 Å². The summed E-state index contributed by atoms with van der Waals surface area (Å²) in [5.41, 5.74) is 7.66. The quantitative estimate of drug-likeness (QED) is 0.258. The highest BCUT2D eigenvalue weighted by Gasteiger charge is 2.24. The molecule has 2 aliphatic rings. The Morgan fingerprint density at radius 1 is 1.09 bits per heavy atom. The minimum Gasteiger partial charge on any atom is -0.361 e. The van der Waals surface area contributed by atoms with E-state index in [4.69, 9.17) is 4.98 Å². The van der Waals surface area contributed by atoms with Crippen molar-refractivity contribution in [1.82, 2.24) is 20.3 Å². The topological polar surface area (TPSA) is 68.5 Å². The van der Waals surface area contributed by atoms with Crippen molar-refractivity contribution in [2.24, 2.45) is 11.8 Å². The summed E-state index contributed by atoms with van der Waals surface area (Å²) in [7, 11) is 0. The molecule has 178 valence electrons. The zero-order valence-electron chi connectivity index (χ0n) is 20.5. The second-order valence-electron chi connectivity index (χ2n) is 10.7. The van der Waals surface area contributed by atoms with Gasteiger partial charge in [0.05, 0.1) is 0 Å². The van der Waals surface area contributed by atoms with Gasteiger partial charge in [-0.2, -0.15) is 0 Å². The number of hydrogen-bond donors (Lipinski definition) is 4. The maximum absolute atomic E-state index is 4.95. The van der Waals surface area contributed by atoms with Crippen molar-refractivity contribution < 1.29 is 0 Å². The van der Waals surface area contributed by atoms with Gasteiger partial charge in [-0.15, -0.1) is 0 Å². The van der Waals surface area contributed by atoms with Gasteiger partial charge in [-0.05, 0) is 105 Å². The van der Waals surface area contributed by atoms with Gasteiger partial charge in [-0.3, -0.25) is 0 Å². The van der Waals surface area contributed by atoms with Crippen LogP contribution < -0.4 is 10.6 Å². The Balaban J connectivity index is 1.21. The van der Waals surface area contributed by atoms with E-state index in [1.54, 1.807) is 0 Å². The van der Waals surface area contributed by atoms with Crippen LogP contribution in [-0.4, -0.2) is 28.0 Å². The van der Waals surface area contributed by atoms with Crippen molar-refractivity contribution in [1.29, 1.82) is 0 Å². The van der Waals surface area contributed by atoms with Gasteiger partial charge in [0.25, 0.3) is 0 Å². The van der Waals surface area contributed by atoms with Crippen LogP contribution in [0, 0.1) is 11.8 Å². The van der Waals surface area contributed by atoms with Crippen molar-refractivity contribution in [2.45, 2.75) is 64.7 Å². The first-order chi connectivity index (χ1) is 16.7. The molecule has 2 unspecified atom stereocenters. The first kappa shape index (κ1) is 21.7. The zero-order valence-corrected chi connectivity index (χ0v) is 20.5. The van der Waals surface area contributed by atoms with Crippen LogP contribution in [0.3, 0.4) is 0 Å². The van der Waals surface area contributed by atoms with Crippen molar-refractivity contribution in [3.05, 3.63) is 53.3 Å². The van der Waals surface area contributed by atoms with Gasteiger partial charge in [0.2, 0.25) is 0 Å². The molecule has 5 nitrogen and oxygen atoms in total. The van der Waals surface area contributed by atoms with Crippen molar-refractivity contribution >= 4 is 33.4 Å². The molecule has 1 aliphatic heterocycles. The van der Waals surface area contributed by atoms with Crippen molar-refractivity contribution in [3.63, 3.8) is 0 Å². The number of pyridine rings is 1. The molecule has 1 fully saturated rings. The third-order valence-electron chi connectivity index (χ3n) is 8.35. The molecule has 0 amide bonds. The minimum atomic E-state index is 0.654. The van der Waals surface area contributed by atoms with E-state index >= 15 is 0 Å². The second-order valence-corrected chi connectivity index (χ2v) is 10.7. The van der Waals surface area contributed by atoms with Crippen LogP contribution in [0.2, 0.25) is 0 Å². The molecule has 0 radical (unpaired) electrons. The monoisotopic (exact) mass is 455 g/mol. The largest absolute Gasteiger partial charge is 0.361 e. The highest BCUT2D eigenvalue weighted by molar-refractivity contribution is 5.88. The van der Waals surface area contributed by atoms with Crippen LogP contribution >= 0.6 is 0 Å². The normalized spacial score (nSPS) is 20.0. The Kier molecular flexibility index (Phi) is 5.82. The molecule has 3 aromatic heterocycles. The van der Waals surface area contributed by atoms with Gasteiger partial charge in [-0.1, -0.05) is 26.3 Å². The summed E-state index contributed by atoms with van der Waals surface area (Å²) in [5.74, 6) is 3.17. The van der Waals surface area contributed by atoms with E-state index < -0.39 is 0 Å². The zero-order chi connectivity index (χ0) is 23.1. The van der Waals surface area contributed by atoms with Gasteiger partial charge < -0.3 is 20.6 Å². The fourth-order valence-corrected chi connectivity index (χ4v) is 6.22. The lowest BCUT2D eigenvalue weighted by atomic mass is 9.81. The molecule has 4 N–H and O–H groups in total. The lowest BCUT2D eigenvalue weighted by molar-refractivity contribution is 0.349. The first-order valence-electron chi connectivity index (χ1n) is 13.3. The smallest absolute Gasteiger partial charge is 0.140 e. The van der Waals surface area contributed by atoms with E-state index in [2.05, 4.69) is 71.0 Å². The molecule has 0 bridgehead atoms. The van der Waals surface area contributed by atoms with Crippen LogP contribution in [0.1, 0.15) is 68.7 Å². The molecule has 4 heterocycles. The number of rotatable bonds is 6. The number of aromatic nitrogens is 3. The third kappa shape index (κ3) is 4.11. The number of fused-ring (bicyclic) bond motifs is 4. The Morgan fingerprint density at radius 2 is 1.94 bits per heavy atom. The van der Waals surface area contributed by atoms with Gasteiger partial charge >= 0.3 is 0 Å². The summed E-state index contributed by atoms with van der Waals surface area (Å²) >= 11 is 0. The summed E-state index contributed by atoms with van der Waals surface area (Å²) in [5, 5.41) is 9.67. The first-order valence-corrected chi connectivity index (χ1v) is 13.3. The predicted molar refractivity (Wildman–Crippen MR) is 142 cm³/mol. The Morgan fingerprint density at radius 3 is 2.79 bits per heavy atom. The van der Waals surface area contributed by atoms with Crippen LogP contribution in [0.15, 0.2) is 36.5 Å². The Labute approximate surface area is 202 Å². The Hall–Kier alpha value is -2.79. The van der Waals surface area contributed by atoms with Gasteiger partial charge in [-0.25, -0.2) is 4.98 Å². The summed E-state index contributed by atoms with van der Waals surface area (Å²) < 4.78 is 0. The van der Waals surface area contributed by atoms with Gasteiger partial charge in [0.1, 0.15) is 11.5 Å². The fraction of sp³-hybridized carbons (Fsp3) is 0.483. The average Bonchev–Trinajstić information content (AvgIpc) is 3.45. The van der Waals surface area contributed by atoms with Crippen molar-refractivity contribution in [3.8, 4) is 0 Å². The van der Waals surface area contributed by atoms with Crippen LogP contribution in [0.5, 0.6) is 0 Å². The molecule has 1 saturated heterocycles. The molecule has 34 heavy (non-hydrogen) atoms. The average molecular weight is 456 g/mol. The molecule has 0 saturated carbocycles. The number of anilines is 2. The number of piperidine rings is 1. The van der Waals surface area contributed by atoms with Gasteiger partial charge in [0.15, 0.2) is 0 Å². The molecule has 5 heteroatoms. The molecule has 0 spiro atoms. The summed E-state index contributed by atoms with van der Waals surface area (Å²) in [4.78, 5) is 12.1. The van der Waals surface area contributed by atoms with Crippen molar-refractivity contribution in [2.75, 3.05) is 18.4 Å². The maximum Gasteiger partial charge on any atom is 0.140 e. The molecule has 4 aromatic rings. The standard InChI is InChI=1S/C29H37N5/c1-3-18(2)14-19-4-8-26-24(15-19)23-7-9-28(34-29(23)33-26)32-21-5-6-22-25(17-31-27(22)16-21)20-10-12-30-13-11-20/h5-7,9,16-20,30-31H,3-4,8,10-15H2,1-2H3,(H2,32,33,34). The molecule has 1 aromatic carbocycles. The lowest BCUT2D eigenvalue weighted by Gasteiger charge is -2.24. The molecule has 6 rings (SSSR count). The SMILES string of the molecule is CCC(C)CC1CCc2[nH]c3nc(Nc4ccc5c(C6CCNCC6)c[nH]c5c4)ccc3c2C1. The number of H-pyrrole nitrogens is 2. The second kappa shape index (κ2) is 9.10. The van der Waals surface area contributed by atoms with E-state index in [1.807, 2.05) is 0 Å². The number of nitrogens with zero attached hydrogens (tertiary/aromatic N) is 1. The van der Waals surface area contributed by atoms with E-state index in [1.165, 1.54) is 71.6 Å². The van der Waals surface area contributed by atoms with E-state index in [-0.39, 0.29) is 0 Å². The number of nitrogens with one attached hydrogen (secondary N) is 4. The lowest BCUT2D eigenvalue weighted by Crippen LogP contribution is -2.26. The minimum absolute atomic E-state index is 0.654. The van der Waals surface area contributed by atoms with Crippen LogP contribution in [0.4, 0.5) is 11.5 Å². The molecular weight excluding hydrogens is 418 g/mol. The number of hydrogen-bond acceptors (Lipinski definition) is 3. The molecule has 2 atom stereocenters. The summed E-state index contributed by atoms with van der Waals surface area (Å²) in [6, 6.07) is 11.0. The fourth-order valence-electron chi connectivity index (χ4n) is 6.22. The number of aryl methyl sites for hydroxylation is 1. The maximum atomic E-state index is 4.95. The highest BCUT2D eigenvalue weighted by atomic mass is 15.0. The van der Waals surface area contributed by atoms with Crippen LogP contribution in [-0.2, 0) is 12.8 Å². The summed E-state index contributed by atoms with van der Waals surface area (Å²) in [6.07, 6.45) is 10.9. The third-order valence-corrected chi connectivity index (χ3v) is 8.35. The van der Waals surface area contributed by atoms with Crippen LogP contribution in [0.25, 0.3) is 21.9 Å². The molecule has 1 aliphatic carbocycles. The Bertz CT molecular complexity index is 1290. The van der Waals surface area contributed by atoms with E-state index in [0.29, 0.717) is 5.92 Å². The predicted octanol–water partition coefficient (Wildman–Crippen LogP) is 6.80. The summed E-state index contributed by atoms with van der Waals surface area (Å²) in [6.45, 7) is 6.94. The van der Waals surface area contributed by atoms with E-state index in [9.17, 15) is 0 Å². The highest BCUT2D eigenvalue weighted by Crippen LogP contribution is 2.36. The molecular formula is C29H37N5. The number of benzene rings is 1. The van der Waals surface area contributed by atoms with Gasteiger partial charge in [0, 0.05) is 33.9 Å². The number of aromatic amines is 2.